The van der Waals surface area contributed by atoms with E-state index in [-0.39, 0.29) is 24.5 Å². The van der Waals surface area contributed by atoms with Crippen molar-refractivity contribution < 1.29 is 14.3 Å². The van der Waals surface area contributed by atoms with Crippen molar-refractivity contribution in [2.45, 2.75) is 13.5 Å². The number of hydrogen-bond acceptors (Lipinski definition) is 4. The van der Waals surface area contributed by atoms with Crippen molar-refractivity contribution in [3.63, 3.8) is 0 Å². The normalized spacial score (nSPS) is 11.0. The summed E-state index contributed by atoms with van der Waals surface area (Å²) < 4.78 is 12.2. The summed E-state index contributed by atoms with van der Waals surface area (Å²) in [6.45, 7) is 3.14. The minimum absolute atomic E-state index is 0.0258. The molecule has 0 spiro atoms. The number of pyridine rings is 1. The predicted octanol–water partition coefficient (Wildman–Crippen LogP) is 2.73. The van der Waals surface area contributed by atoms with E-state index in [0.29, 0.717) is 24.0 Å². The fourth-order valence-electron chi connectivity index (χ4n) is 2.78. The molecule has 0 radical (unpaired) electrons. The van der Waals surface area contributed by atoms with E-state index in [0.717, 1.165) is 11.0 Å². The van der Waals surface area contributed by atoms with E-state index in [9.17, 15) is 9.59 Å². The summed E-state index contributed by atoms with van der Waals surface area (Å²) in [5, 5.41) is 1.19. The number of aromatic nitrogens is 1. The summed E-state index contributed by atoms with van der Waals surface area (Å²) in [4.78, 5) is 24.8. The van der Waals surface area contributed by atoms with Crippen molar-refractivity contribution in [1.82, 2.24) is 4.57 Å². The molecule has 0 aliphatic rings. The van der Waals surface area contributed by atoms with Gasteiger partial charge in [0.2, 0.25) is 0 Å². The van der Waals surface area contributed by atoms with Crippen molar-refractivity contribution in [1.29, 1.82) is 0 Å². The van der Waals surface area contributed by atoms with Gasteiger partial charge in [0.05, 0.1) is 17.6 Å². The Labute approximate surface area is 139 Å². The van der Waals surface area contributed by atoms with Crippen LogP contribution in [0.2, 0.25) is 0 Å². The summed E-state index contributed by atoms with van der Waals surface area (Å²) >= 11 is 0. The molecule has 0 aliphatic carbocycles. The van der Waals surface area contributed by atoms with Crippen LogP contribution >= 0.6 is 0 Å². The average Bonchev–Trinajstić information content (AvgIpc) is 2.62. The molecule has 5 heteroatoms. The molecule has 5 nitrogen and oxygen atoms in total. The molecule has 0 bridgehead atoms. The second kappa shape index (κ2) is 7.27. The number of carbonyl (C=O) groups excluding carboxylic acids is 1. The van der Waals surface area contributed by atoms with Gasteiger partial charge in [-0.25, -0.2) is 0 Å². The molecule has 3 rings (SSSR count). The second-order valence-corrected chi connectivity index (χ2v) is 5.37. The summed E-state index contributed by atoms with van der Waals surface area (Å²) in [6, 6.07) is 14.6. The van der Waals surface area contributed by atoms with Crippen LogP contribution in [-0.4, -0.2) is 30.4 Å². The molecule has 1 aromatic heterocycles. The van der Waals surface area contributed by atoms with E-state index < -0.39 is 0 Å². The van der Waals surface area contributed by atoms with Crippen LogP contribution in [0.3, 0.4) is 0 Å². The molecule has 124 valence electrons. The van der Waals surface area contributed by atoms with Crippen LogP contribution in [0.15, 0.2) is 53.3 Å². The molecule has 0 N–H and O–H groups in total. The molecule has 3 aromatic rings. The van der Waals surface area contributed by atoms with E-state index in [4.69, 9.17) is 9.47 Å². The van der Waals surface area contributed by atoms with Crippen LogP contribution in [0.25, 0.3) is 21.8 Å². The van der Waals surface area contributed by atoms with Crippen LogP contribution in [0, 0.1) is 0 Å². The third-order valence-electron chi connectivity index (χ3n) is 3.86. The Morgan fingerprint density at radius 2 is 1.54 bits per heavy atom. The molecule has 0 saturated heterocycles. The van der Waals surface area contributed by atoms with Crippen molar-refractivity contribution >= 4 is 27.8 Å². The van der Waals surface area contributed by atoms with Gasteiger partial charge in [-0.15, -0.1) is 0 Å². The highest BCUT2D eigenvalue weighted by molar-refractivity contribution is 5.94. The van der Waals surface area contributed by atoms with E-state index in [1.807, 2.05) is 47.9 Å². The lowest BCUT2D eigenvalue weighted by Gasteiger charge is -2.14. The van der Waals surface area contributed by atoms with Gasteiger partial charge in [-0.05, 0) is 31.2 Å². The lowest BCUT2D eigenvalue weighted by atomic mass is 10.1. The van der Waals surface area contributed by atoms with Gasteiger partial charge >= 0.3 is 5.97 Å². The van der Waals surface area contributed by atoms with Crippen LogP contribution in [0.4, 0.5) is 0 Å². The Hall–Kier alpha value is -2.66. The molecule has 0 saturated carbocycles. The molecular weight excluding hydrogens is 306 g/mol. The first-order chi connectivity index (χ1) is 11.7. The molecule has 0 unspecified atom stereocenters. The minimum atomic E-state index is -0.353. The molecule has 0 amide bonds. The SMILES string of the molecule is CCOCCOC(=O)Cn1c2ccccc2c(=O)c2ccccc21. The Bertz CT molecular complexity index is 869. The first-order valence-electron chi connectivity index (χ1n) is 7.96. The first kappa shape index (κ1) is 16.2. The van der Waals surface area contributed by atoms with Gasteiger partial charge in [0.15, 0.2) is 5.43 Å². The van der Waals surface area contributed by atoms with Gasteiger partial charge in [-0.2, -0.15) is 0 Å². The fraction of sp³-hybridized carbons (Fsp3) is 0.263. The van der Waals surface area contributed by atoms with Crippen LogP contribution in [0.5, 0.6) is 0 Å². The summed E-state index contributed by atoms with van der Waals surface area (Å²) in [6.07, 6.45) is 0. The van der Waals surface area contributed by atoms with E-state index in [1.54, 1.807) is 12.1 Å². The average molecular weight is 325 g/mol. The topological polar surface area (TPSA) is 57.5 Å². The maximum atomic E-state index is 12.6. The van der Waals surface area contributed by atoms with Gasteiger partial charge < -0.3 is 14.0 Å². The number of benzene rings is 2. The fourth-order valence-corrected chi connectivity index (χ4v) is 2.78. The number of hydrogen-bond donors (Lipinski definition) is 0. The monoisotopic (exact) mass is 325 g/mol. The summed E-state index contributed by atoms with van der Waals surface area (Å²) in [7, 11) is 0. The first-order valence-corrected chi connectivity index (χ1v) is 7.96. The molecule has 1 heterocycles. The smallest absolute Gasteiger partial charge is 0.326 e. The number of ether oxygens (including phenoxy) is 2. The highest BCUT2D eigenvalue weighted by atomic mass is 16.6. The number of esters is 1. The predicted molar refractivity (Wildman–Crippen MR) is 93.2 cm³/mol. The maximum absolute atomic E-state index is 12.6. The molecule has 0 aliphatic heterocycles. The van der Waals surface area contributed by atoms with Crippen molar-refractivity contribution in [2.24, 2.45) is 0 Å². The third-order valence-corrected chi connectivity index (χ3v) is 3.86. The lowest BCUT2D eigenvalue weighted by Crippen LogP contribution is -2.19. The summed E-state index contributed by atoms with van der Waals surface area (Å²) in [5.41, 5.74) is 1.42. The number of rotatable bonds is 6. The lowest BCUT2D eigenvalue weighted by molar-refractivity contribution is -0.145. The number of para-hydroxylation sites is 2. The quantitative estimate of drug-likeness (QED) is 0.397. The zero-order valence-electron chi connectivity index (χ0n) is 13.5. The Balaban J connectivity index is 2.00. The van der Waals surface area contributed by atoms with E-state index in [2.05, 4.69) is 0 Å². The Kier molecular flexibility index (Phi) is 4.91. The van der Waals surface area contributed by atoms with Gasteiger partial charge in [0.1, 0.15) is 13.2 Å². The van der Waals surface area contributed by atoms with Crippen molar-refractivity contribution in [2.75, 3.05) is 19.8 Å². The van der Waals surface area contributed by atoms with Gasteiger partial charge in [-0.3, -0.25) is 9.59 Å². The van der Waals surface area contributed by atoms with E-state index in [1.165, 1.54) is 0 Å². The van der Waals surface area contributed by atoms with Gasteiger partial charge in [0, 0.05) is 17.4 Å². The Morgan fingerprint density at radius 3 is 2.12 bits per heavy atom. The summed E-state index contributed by atoms with van der Waals surface area (Å²) in [5.74, 6) is -0.353. The van der Waals surface area contributed by atoms with Gasteiger partial charge in [-0.1, -0.05) is 24.3 Å². The van der Waals surface area contributed by atoms with Crippen LogP contribution in [0.1, 0.15) is 6.92 Å². The second-order valence-electron chi connectivity index (χ2n) is 5.37. The zero-order valence-corrected chi connectivity index (χ0v) is 13.5. The number of nitrogens with zero attached hydrogens (tertiary/aromatic N) is 1. The molecule has 0 atom stereocenters. The molecule has 24 heavy (non-hydrogen) atoms. The van der Waals surface area contributed by atoms with Crippen LogP contribution < -0.4 is 5.43 Å². The highest BCUT2D eigenvalue weighted by Gasteiger charge is 2.13. The molecular formula is C19H19NO4. The number of fused-ring (bicyclic) bond motifs is 2. The zero-order chi connectivity index (χ0) is 16.9. The van der Waals surface area contributed by atoms with Crippen molar-refractivity contribution in [3.8, 4) is 0 Å². The minimum Gasteiger partial charge on any atom is -0.462 e. The highest BCUT2D eigenvalue weighted by Crippen LogP contribution is 2.19. The third kappa shape index (κ3) is 3.16. The van der Waals surface area contributed by atoms with Crippen molar-refractivity contribution in [3.05, 3.63) is 58.8 Å². The molecule has 0 fully saturated rings. The number of carbonyl (C=O) groups is 1. The standard InChI is InChI=1S/C19H19NO4/c1-2-23-11-12-24-18(21)13-20-16-9-5-3-7-14(16)19(22)15-8-4-6-10-17(15)20/h3-10H,2,11-13H2,1H3. The molecule has 2 aromatic carbocycles. The van der Waals surface area contributed by atoms with Gasteiger partial charge in [0.25, 0.3) is 0 Å². The Morgan fingerprint density at radius 1 is 0.958 bits per heavy atom. The largest absolute Gasteiger partial charge is 0.462 e. The maximum Gasteiger partial charge on any atom is 0.326 e. The van der Waals surface area contributed by atoms with E-state index >= 15 is 0 Å². The van der Waals surface area contributed by atoms with Crippen LogP contribution in [-0.2, 0) is 20.8 Å².